The molecule has 1 rings (SSSR count). The Morgan fingerprint density at radius 3 is 2.56 bits per heavy atom. The van der Waals surface area contributed by atoms with E-state index in [-0.39, 0.29) is 18.2 Å². The van der Waals surface area contributed by atoms with Crippen LogP contribution in [-0.4, -0.2) is 17.3 Å². The smallest absolute Gasteiger partial charge is 0.0991 e. The van der Waals surface area contributed by atoms with Crippen LogP contribution in [0.5, 0.6) is 0 Å². The maximum absolute atomic E-state index is 8.96. The zero-order valence-corrected chi connectivity index (χ0v) is 12.0. The molecule has 2 N–H and O–H groups in total. The Hall–Kier alpha value is 0.200. The molecule has 0 aliphatic rings. The van der Waals surface area contributed by atoms with Gasteiger partial charge in [-0.1, -0.05) is 23.2 Å². The Bertz CT molecular complexity index is 352. The zero-order chi connectivity index (χ0) is 12.3. The van der Waals surface area contributed by atoms with Crippen LogP contribution in [0.2, 0.25) is 8.67 Å². The Morgan fingerprint density at radius 1 is 1.50 bits per heavy atom. The van der Waals surface area contributed by atoms with Crippen molar-refractivity contribution < 1.29 is 5.11 Å². The maximum atomic E-state index is 8.96. The van der Waals surface area contributed by atoms with Gasteiger partial charge in [-0.05, 0) is 38.8 Å². The van der Waals surface area contributed by atoms with Gasteiger partial charge in [-0.25, -0.2) is 0 Å². The first kappa shape index (κ1) is 14.3. The van der Waals surface area contributed by atoms with Gasteiger partial charge in [0.25, 0.3) is 0 Å². The topological polar surface area (TPSA) is 32.3 Å². The van der Waals surface area contributed by atoms with Gasteiger partial charge in [0, 0.05) is 18.2 Å². The summed E-state index contributed by atoms with van der Waals surface area (Å²) in [5.41, 5.74) is 0.897. The van der Waals surface area contributed by atoms with Crippen molar-refractivity contribution in [2.75, 3.05) is 6.61 Å². The van der Waals surface area contributed by atoms with E-state index in [0.717, 1.165) is 9.90 Å². The Balaban J connectivity index is 2.72. The van der Waals surface area contributed by atoms with Crippen molar-refractivity contribution in [1.82, 2.24) is 5.32 Å². The van der Waals surface area contributed by atoms with Crippen molar-refractivity contribution in [1.29, 1.82) is 0 Å². The highest BCUT2D eigenvalue weighted by Gasteiger charge is 2.22. The molecule has 0 saturated carbocycles. The minimum atomic E-state index is -0.119. The molecule has 0 amide bonds. The van der Waals surface area contributed by atoms with Crippen molar-refractivity contribution in [2.24, 2.45) is 0 Å². The largest absolute Gasteiger partial charge is 0.396 e. The highest BCUT2D eigenvalue weighted by molar-refractivity contribution is 7.20. The van der Waals surface area contributed by atoms with E-state index in [1.54, 1.807) is 0 Å². The molecule has 0 spiro atoms. The highest BCUT2D eigenvalue weighted by atomic mass is 35.5. The van der Waals surface area contributed by atoms with Crippen LogP contribution in [0.1, 0.15) is 38.8 Å². The van der Waals surface area contributed by atoms with Crippen LogP contribution in [0.4, 0.5) is 0 Å². The summed E-state index contributed by atoms with van der Waals surface area (Å²) in [4.78, 5) is 0. The van der Waals surface area contributed by atoms with Gasteiger partial charge >= 0.3 is 0 Å². The van der Waals surface area contributed by atoms with Gasteiger partial charge in [-0.2, -0.15) is 0 Å². The average Bonchev–Trinajstić information content (AvgIpc) is 2.44. The molecule has 1 atom stereocenters. The van der Waals surface area contributed by atoms with E-state index in [4.69, 9.17) is 28.3 Å². The van der Waals surface area contributed by atoms with Gasteiger partial charge in [0.15, 0.2) is 0 Å². The van der Waals surface area contributed by atoms with Crippen LogP contribution in [0.15, 0.2) is 6.07 Å². The molecule has 1 aromatic rings. The fraction of sp³-hybridized carbons (Fsp3) is 0.636. The van der Waals surface area contributed by atoms with Crippen molar-refractivity contribution >= 4 is 34.5 Å². The quantitative estimate of drug-likeness (QED) is 0.859. The fourth-order valence-corrected chi connectivity index (χ4v) is 3.31. The molecule has 0 aliphatic heterocycles. The lowest BCUT2D eigenvalue weighted by atomic mass is 9.99. The second-order valence-electron chi connectivity index (χ2n) is 4.50. The number of hydrogen-bond acceptors (Lipinski definition) is 3. The predicted molar refractivity (Wildman–Crippen MR) is 71.7 cm³/mol. The first-order valence-electron chi connectivity index (χ1n) is 5.19. The molecule has 0 bridgehead atoms. The predicted octanol–water partition coefficient (Wildman–Crippen LogP) is 3.87. The van der Waals surface area contributed by atoms with Crippen molar-refractivity contribution in [3.63, 3.8) is 0 Å². The second kappa shape index (κ2) is 5.69. The summed E-state index contributed by atoms with van der Waals surface area (Å²) in [6.45, 7) is 6.33. The van der Waals surface area contributed by atoms with Crippen molar-refractivity contribution in [2.45, 2.75) is 38.8 Å². The van der Waals surface area contributed by atoms with E-state index in [1.165, 1.54) is 11.3 Å². The van der Waals surface area contributed by atoms with Crippen LogP contribution < -0.4 is 5.32 Å². The van der Waals surface area contributed by atoms with Crippen LogP contribution in [0, 0.1) is 0 Å². The molecule has 1 aromatic heterocycles. The Labute approximate surface area is 111 Å². The lowest BCUT2D eigenvalue weighted by molar-refractivity contribution is 0.221. The van der Waals surface area contributed by atoms with E-state index in [0.29, 0.717) is 10.8 Å². The van der Waals surface area contributed by atoms with E-state index in [9.17, 15) is 0 Å². The minimum absolute atomic E-state index is 0.119. The van der Waals surface area contributed by atoms with Gasteiger partial charge in [-0.3, -0.25) is 0 Å². The lowest BCUT2D eigenvalue weighted by Crippen LogP contribution is -2.41. The van der Waals surface area contributed by atoms with Crippen molar-refractivity contribution in [3.8, 4) is 0 Å². The first-order valence-corrected chi connectivity index (χ1v) is 6.76. The SMILES string of the molecule is CC(NC(C)(C)CCO)c1cc(Cl)sc1Cl. The first-order chi connectivity index (χ1) is 7.35. The summed E-state index contributed by atoms with van der Waals surface area (Å²) in [7, 11) is 0. The van der Waals surface area contributed by atoms with Crippen molar-refractivity contribution in [3.05, 3.63) is 20.3 Å². The summed E-state index contributed by atoms with van der Waals surface area (Å²) in [5.74, 6) is 0. The molecular formula is C11H17Cl2NOS. The summed E-state index contributed by atoms with van der Waals surface area (Å²) < 4.78 is 1.43. The van der Waals surface area contributed by atoms with E-state index in [2.05, 4.69) is 19.2 Å². The summed E-state index contributed by atoms with van der Waals surface area (Å²) >= 11 is 13.4. The Kier molecular flexibility index (Phi) is 5.08. The van der Waals surface area contributed by atoms with Gasteiger partial charge in [-0.15, -0.1) is 11.3 Å². The maximum Gasteiger partial charge on any atom is 0.0991 e. The molecule has 0 saturated heterocycles. The number of aliphatic hydroxyl groups is 1. The number of halogens is 2. The number of hydrogen-bond donors (Lipinski definition) is 2. The van der Waals surface area contributed by atoms with Crippen LogP contribution in [-0.2, 0) is 0 Å². The van der Waals surface area contributed by atoms with Crippen LogP contribution >= 0.6 is 34.5 Å². The standard InChI is InChI=1S/C11H17Cl2NOS/c1-7(14-11(2,3)4-5-15)8-6-9(12)16-10(8)13/h6-7,14-15H,4-5H2,1-3H3. The molecule has 0 radical (unpaired) electrons. The summed E-state index contributed by atoms with van der Waals surface area (Å²) in [6, 6.07) is 2.01. The van der Waals surface area contributed by atoms with Crippen LogP contribution in [0.25, 0.3) is 0 Å². The lowest BCUT2D eigenvalue weighted by Gasteiger charge is -2.29. The van der Waals surface area contributed by atoms with Crippen LogP contribution in [0.3, 0.4) is 0 Å². The van der Waals surface area contributed by atoms with E-state index < -0.39 is 0 Å². The average molecular weight is 282 g/mol. The molecule has 1 heterocycles. The van der Waals surface area contributed by atoms with Gasteiger partial charge < -0.3 is 10.4 Å². The normalized spacial score (nSPS) is 14.1. The third-order valence-electron chi connectivity index (χ3n) is 2.49. The third kappa shape index (κ3) is 3.90. The molecule has 1 unspecified atom stereocenters. The van der Waals surface area contributed by atoms with Gasteiger partial charge in [0.1, 0.15) is 0 Å². The molecule has 2 nitrogen and oxygen atoms in total. The molecule has 16 heavy (non-hydrogen) atoms. The fourth-order valence-electron chi connectivity index (χ4n) is 1.66. The van der Waals surface area contributed by atoms with Gasteiger partial charge in [0.2, 0.25) is 0 Å². The molecule has 92 valence electrons. The monoisotopic (exact) mass is 281 g/mol. The zero-order valence-electron chi connectivity index (χ0n) is 9.68. The molecule has 0 fully saturated rings. The van der Waals surface area contributed by atoms with E-state index in [1.807, 2.05) is 13.0 Å². The second-order valence-corrected chi connectivity index (χ2v) is 6.79. The molecular weight excluding hydrogens is 265 g/mol. The molecule has 0 aliphatic carbocycles. The number of thiophene rings is 1. The number of nitrogens with one attached hydrogen (secondary N) is 1. The van der Waals surface area contributed by atoms with E-state index >= 15 is 0 Å². The minimum Gasteiger partial charge on any atom is -0.396 e. The number of aliphatic hydroxyl groups excluding tert-OH is 1. The summed E-state index contributed by atoms with van der Waals surface area (Å²) in [6.07, 6.45) is 0.701. The number of rotatable bonds is 5. The highest BCUT2D eigenvalue weighted by Crippen LogP contribution is 2.35. The molecule has 0 aromatic carbocycles. The van der Waals surface area contributed by atoms with Gasteiger partial charge in [0.05, 0.1) is 8.67 Å². The molecule has 5 heteroatoms. The Morgan fingerprint density at radius 2 is 2.12 bits per heavy atom. The summed E-state index contributed by atoms with van der Waals surface area (Å²) in [5, 5.41) is 12.4. The third-order valence-corrected chi connectivity index (χ3v) is 4.01.